The van der Waals surface area contributed by atoms with Gasteiger partial charge in [0.15, 0.2) is 0 Å². The molecule has 4 nitrogen and oxygen atoms in total. The van der Waals surface area contributed by atoms with Crippen LogP contribution in [0, 0.1) is 0 Å². The lowest BCUT2D eigenvalue weighted by Gasteiger charge is -2.08. The van der Waals surface area contributed by atoms with Crippen LogP contribution in [0.1, 0.15) is 17.3 Å². The first kappa shape index (κ1) is 10.7. The Morgan fingerprint density at radius 1 is 1.64 bits per heavy atom. The van der Waals surface area contributed by atoms with Gasteiger partial charge in [-0.25, -0.2) is 4.79 Å². The van der Waals surface area contributed by atoms with Gasteiger partial charge in [-0.2, -0.15) is 0 Å². The third-order valence-electron chi connectivity index (χ3n) is 1.65. The smallest absolute Gasteiger partial charge is 0.341 e. The standard InChI is InChI=1S/C9H10ClNO3/c1-2-14-9(13)7-5(10)3-4-6(12)8(7)11/h3-4,12H,2,11H2,1H3. The van der Waals surface area contributed by atoms with Gasteiger partial charge >= 0.3 is 5.97 Å². The number of halogens is 1. The molecule has 0 aliphatic heterocycles. The summed E-state index contributed by atoms with van der Waals surface area (Å²) in [5.74, 6) is -0.816. The topological polar surface area (TPSA) is 72.5 Å². The van der Waals surface area contributed by atoms with Gasteiger partial charge in [-0.15, -0.1) is 0 Å². The number of hydrogen-bond donors (Lipinski definition) is 2. The van der Waals surface area contributed by atoms with Gasteiger partial charge in [0, 0.05) is 0 Å². The van der Waals surface area contributed by atoms with E-state index < -0.39 is 5.97 Å². The summed E-state index contributed by atoms with van der Waals surface area (Å²) in [6.07, 6.45) is 0. The Hall–Kier alpha value is -1.42. The van der Waals surface area contributed by atoms with Crippen LogP contribution in [0.3, 0.4) is 0 Å². The largest absolute Gasteiger partial charge is 0.506 e. The number of carbonyl (C=O) groups excluding carboxylic acids is 1. The fraction of sp³-hybridized carbons (Fsp3) is 0.222. The summed E-state index contributed by atoms with van der Waals surface area (Å²) in [4.78, 5) is 11.3. The highest BCUT2D eigenvalue weighted by molar-refractivity contribution is 6.34. The molecule has 0 aliphatic rings. The van der Waals surface area contributed by atoms with Crippen molar-refractivity contribution in [1.82, 2.24) is 0 Å². The van der Waals surface area contributed by atoms with E-state index in [1.54, 1.807) is 6.92 Å². The number of phenols is 1. The predicted octanol–water partition coefficient (Wildman–Crippen LogP) is 1.80. The highest BCUT2D eigenvalue weighted by atomic mass is 35.5. The molecular formula is C9H10ClNO3. The first-order chi connectivity index (χ1) is 6.57. The molecule has 0 fully saturated rings. The summed E-state index contributed by atoms with van der Waals surface area (Å²) >= 11 is 5.74. The van der Waals surface area contributed by atoms with E-state index in [9.17, 15) is 9.90 Å². The third-order valence-corrected chi connectivity index (χ3v) is 1.97. The molecule has 0 radical (unpaired) electrons. The molecule has 0 unspecified atom stereocenters. The molecule has 1 aromatic rings. The van der Waals surface area contributed by atoms with Gasteiger partial charge in [0.2, 0.25) is 0 Å². The second kappa shape index (κ2) is 4.19. The van der Waals surface area contributed by atoms with Crippen LogP contribution in [0.4, 0.5) is 5.69 Å². The second-order valence-corrected chi connectivity index (χ2v) is 2.98. The first-order valence-corrected chi connectivity index (χ1v) is 4.39. The zero-order chi connectivity index (χ0) is 10.7. The Balaban J connectivity index is 3.18. The molecule has 0 aromatic heterocycles. The number of carbonyl (C=O) groups is 1. The Kier molecular flexibility index (Phi) is 3.19. The Morgan fingerprint density at radius 2 is 2.29 bits per heavy atom. The van der Waals surface area contributed by atoms with E-state index in [0.717, 1.165) is 0 Å². The van der Waals surface area contributed by atoms with Gasteiger partial charge in [-0.1, -0.05) is 11.6 Å². The number of esters is 1. The molecule has 0 spiro atoms. The van der Waals surface area contributed by atoms with E-state index in [1.165, 1.54) is 12.1 Å². The van der Waals surface area contributed by atoms with E-state index in [1.807, 2.05) is 0 Å². The number of nitrogens with two attached hydrogens (primary N) is 1. The number of nitrogen functional groups attached to an aromatic ring is 1. The van der Waals surface area contributed by atoms with E-state index in [-0.39, 0.29) is 28.6 Å². The molecule has 0 saturated carbocycles. The number of benzene rings is 1. The van der Waals surface area contributed by atoms with Gasteiger partial charge in [-0.3, -0.25) is 0 Å². The third kappa shape index (κ3) is 1.90. The maximum atomic E-state index is 11.3. The minimum absolute atomic E-state index is 0.00789. The molecule has 14 heavy (non-hydrogen) atoms. The van der Waals surface area contributed by atoms with Crippen molar-refractivity contribution in [2.75, 3.05) is 12.3 Å². The summed E-state index contributed by atoms with van der Waals surface area (Å²) < 4.78 is 4.73. The van der Waals surface area contributed by atoms with Crippen molar-refractivity contribution in [3.63, 3.8) is 0 Å². The minimum Gasteiger partial charge on any atom is -0.506 e. The lowest BCUT2D eigenvalue weighted by Crippen LogP contribution is -2.08. The van der Waals surface area contributed by atoms with Crippen LogP contribution in [0.15, 0.2) is 12.1 Å². The molecule has 0 saturated heterocycles. The van der Waals surface area contributed by atoms with Gasteiger partial charge in [0.25, 0.3) is 0 Å². The molecule has 0 heterocycles. The van der Waals surface area contributed by atoms with Crippen molar-refractivity contribution < 1.29 is 14.6 Å². The summed E-state index contributed by atoms with van der Waals surface area (Å²) in [6.45, 7) is 1.90. The SMILES string of the molecule is CCOC(=O)c1c(Cl)ccc(O)c1N. The maximum Gasteiger partial charge on any atom is 0.341 e. The summed E-state index contributed by atoms with van der Waals surface area (Å²) in [5.41, 5.74) is 5.43. The van der Waals surface area contributed by atoms with Crippen LogP contribution in [0.5, 0.6) is 5.75 Å². The molecule has 0 atom stereocenters. The van der Waals surface area contributed by atoms with E-state index in [4.69, 9.17) is 22.1 Å². The Morgan fingerprint density at radius 3 is 2.86 bits per heavy atom. The van der Waals surface area contributed by atoms with Crippen molar-refractivity contribution in [2.45, 2.75) is 6.92 Å². The quantitative estimate of drug-likeness (QED) is 0.448. The van der Waals surface area contributed by atoms with E-state index in [2.05, 4.69) is 0 Å². The van der Waals surface area contributed by atoms with Crippen LogP contribution in [0.2, 0.25) is 5.02 Å². The number of aromatic hydroxyl groups is 1. The number of phenolic OH excluding ortho intramolecular Hbond substituents is 1. The molecule has 1 rings (SSSR count). The van der Waals surface area contributed by atoms with Crippen LogP contribution in [-0.4, -0.2) is 17.7 Å². The maximum absolute atomic E-state index is 11.3. The first-order valence-electron chi connectivity index (χ1n) is 4.02. The summed E-state index contributed by atoms with van der Waals surface area (Å²) in [6, 6.07) is 2.71. The van der Waals surface area contributed by atoms with Gasteiger partial charge in [0.1, 0.15) is 11.3 Å². The van der Waals surface area contributed by atoms with Crippen molar-refractivity contribution in [3.05, 3.63) is 22.7 Å². The lowest BCUT2D eigenvalue weighted by atomic mass is 10.1. The van der Waals surface area contributed by atoms with E-state index >= 15 is 0 Å². The number of anilines is 1. The fourth-order valence-corrected chi connectivity index (χ4v) is 1.23. The van der Waals surface area contributed by atoms with Crippen molar-refractivity contribution in [2.24, 2.45) is 0 Å². The van der Waals surface area contributed by atoms with Crippen molar-refractivity contribution in [3.8, 4) is 5.75 Å². The Labute approximate surface area is 86.2 Å². The number of hydrogen-bond acceptors (Lipinski definition) is 4. The minimum atomic E-state index is -0.633. The van der Waals surface area contributed by atoms with Crippen LogP contribution >= 0.6 is 11.6 Å². The van der Waals surface area contributed by atoms with Crippen LogP contribution in [0.25, 0.3) is 0 Å². The predicted molar refractivity (Wildman–Crippen MR) is 53.5 cm³/mol. The van der Waals surface area contributed by atoms with Crippen LogP contribution < -0.4 is 5.73 Å². The van der Waals surface area contributed by atoms with Gasteiger partial charge in [-0.05, 0) is 19.1 Å². The fourth-order valence-electron chi connectivity index (χ4n) is 0.993. The van der Waals surface area contributed by atoms with Crippen LogP contribution in [-0.2, 0) is 4.74 Å². The molecule has 1 aromatic carbocycles. The Bertz CT molecular complexity index is 365. The van der Waals surface area contributed by atoms with E-state index in [0.29, 0.717) is 0 Å². The highest BCUT2D eigenvalue weighted by Gasteiger charge is 2.17. The van der Waals surface area contributed by atoms with Crippen molar-refractivity contribution in [1.29, 1.82) is 0 Å². The number of rotatable bonds is 2. The van der Waals surface area contributed by atoms with Gasteiger partial charge in [0.05, 0.1) is 17.3 Å². The zero-order valence-electron chi connectivity index (χ0n) is 7.58. The second-order valence-electron chi connectivity index (χ2n) is 2.58. The summed E-state index contributed by atoms with van der Waals surface area (Å²) in [5, 5.41) is 9.42. The average molecular weight is 216 g/mol. The zero-order valence-corrected chi connectivity index (χ0v) is 8.34. The number of ether oxygens (including phenoxy) is 1. The molecule has 0 bridgehead atoms. The molecular weight excluding hydrogens is 206 g/mol. The highest BCUT2D eigenvalue weighted by Crippen LogP contribution is 2.30. The molecule has 76 valence electrons. The average Bonchev–Trinajstić information content (AvgIpc) is 2.13. The van der Waals surface area contributed by atoms with Crippen molar-refractivity contribution >= 4 is 23.3 Å². The molecule has 3 N–H and O–H groups in total. The molecule has 0 aliphatic carbocycles. The lowest BCUT2D eigenvalue weighted by molar-refractivity contribution is 0.0527. The normalized spacial score (nSPS) is 9.86. The molecule has 0 amide bonds. The summed E-state index contributed by atoms with van der Waals surface area (Å²) in [7, 11) is 0. The monoisotopic (exact) mass is 215 g/mol. The molecule has 5 heteroatoms. The van der Waals surface area contributed by atoms with Gasteiger partial charge < -0.3 is 15.6 Å².